The highest BCUT2D eigenvalue weighted by atomic mass is 19.4. The Morgan fingerprint density at radius 3 is 2.58 bits per heavy atom. The van der Waals surface area contributed by atoms with Crippen molar-refractivity contribution in [3.63, 3.8) is 0 Å². The van der Waals surface area contributed by atoms with Crippen molar-refractivity contribution in [2.75, 3.05) is 13.1 Å². The van der Waals surface area contributed by atoms with Crippen LogP contribution in [0.15, 0.2) is 0 Å². The minimum absolute atomic E-state index is 0.422. The van der Waals surface area contributed by atoms with Gasteiger partial charge in [0.15, 0.2) is 0 Å². The summed E-state index contributed by atoms with van der Waals surface area (Å²) in [6.07, 6.45) is -3.45. The third kappa shape index (κ3) is 4.42. The van der Waals surface area contributed by atoms with E-state index in [0.717, 1.165) is 0 Å². The molecule has 1 aliphatic rings. The molecule has 0 aromatic rings. The molecule has 1 fully saturated rings. The summed E-state index contributed by atoms with van der Waals surface area (Å²) in [5.74, 6) is -1.62. The summed E-state index contributed by atoms with van der Waals surface area (Å²) in [4.78, 5) is 34.9. The molecule has 0 aliphatic carbocycles. The first-order valence-corrected chi connectivity index (χ1v) is 5.70. The van der Waals surface area contributed by atoms with Gasteiger partial charge in [0.1, 0.15) is 19.1 Å². The summed E-state index contributed by atoms with van der Waals surface area (Å²) >= 11 is 0. The second-order valence-corrected chi connectivity index (χ2v) is 4.11. The number of amides is 4. The standard InChI is InChI=1S/C10H14F3N3O3/c1-2-3-6-8(18)16(9(19)15-6)4-7(17)14-5-10(11,12)13/h6H,2-5H2,1H3,(H,14,17)(H,15,19)/t6-/m1/s1. The quantitative estimate of drug-likeness (QED) is 0.715. The zero-order valence-electron chi connectivity index (χ0n) is 10.2. The monoisotopic (exact) mass is 281 g/mol. The number of alkyl halides is 3. The molecule has 0 saturated carbocycles. The van der Waals surface area contributed by atoms with Crippen molar-refractivity contribution >= 4 is 17.8 Å². The topological polar surface area (TPSA) is 78.5 Å². The van der Waals surface area contributed by atoms with E-state index in [1.807, 2.05) is 6.92 Å². The van der Waals surface area contributed by atoms with Gasteiger partial charge in [0, 0.05) is 0 Å². The van der Waals surface area contributed by atoms with E-state index >= 15 is 0 Å². The average molecular weight is 281 g/mol. The fourth-order valence-corrected chi connectivity index (χ4v) is 1.61. The van der Waals surface area contributed by atoms with E-state index in [-0.39, 0.29) is 0 Å². The van der Waals surface area contributed by atoms with Gasteiger partial charge in [-0.2, -0.15) is 13.2 Å². The predicted molar refractivity (Wildman–Crippen MR) is 58.0 cm³/mol. The summed E-state index contributed by atoms with van der Waals surface area (Å²) in [6, 6.07) is -1.46. The fourth-order valence-electron chi connectivity index (χ4n) is 1.61. The molecule has 108 valence electrons. The van der Waals surface area contributed by atoms with Crippen LogP contribution in [0.4, 0.5) is 18.0 Å². The Balaban J connectivity index is 2.50. The van der Waals surface area contributed by atoms with Crippen molar-refractivity contribution in [3.8, 4) is 0 Å². The van der Waals surface area contributed by atoms with Crippen LogP contribution >= 0.6 is 0 Å². The Morgan fingerprint density at radius 2 is 2.05 bits per heavy atom. The Bertz CT molecular complexity index is 384. The lowest BCUT2D eigenvalue weighted by atomic mass is 10.2. The molecule has 1 heterocycles. The maximum Gasteiger partial charge on any atom is 0.405 e. The van der Waals surface area contributed by atoms with Crippen LogP contribution < -0.4 is 10.6 Å². The zero-order chi connectivity index (χ0) is 14.6. The number of imide groups is 1. The molecule has 0 bridgehead atoms. The number of urea groups is 1. The van der Waals surface area contributed by atoms with Crippen LogP contribution in [0.3, 0.4) is 0 Å². The molecule has 0 spiro atoms. The summed E-state index contributed by atoms with van der Waals surface area (Å²) < 4.78 is 35.6. The maximum absolute atomic E-state index is 11.9. The highest BCUT2D eigenvalue weighted by Crippen LogP contribution is 2.13. The molecule has 9 heteroatoms. The van der Waals surface area contributed by atoms with Gasteiger partial charge in [-0.15, -0.1) is 0 Å². The molecule has 6 nitrogen and oxygen atoms in total. The number of carbonyl (C=O) groups is 3. The van der Waals surface area contributed by atoms with Gasteiger partial charge < -0.3 is 10.6 Å². The molecule has 1 saturated heterocycles. The second kappa shape index (κ2) is 5.89. The van der Waals surface area contributed by atoms with Crippen LogP contribution in [0.1, 0.15) is 19.8 Å². The summed E-state index contributed by atoms with van der Waals surface area (Å²) in [6.45, 7) is -0.382. The lowest BCUT2D eigenvalue weighted by molar-refractivity contribution is -0.140. The Kier molecular flexibility index (Phi) is 4.73. The molecule has 1 atom stereocenters. The van der Waals surface area contributed by atoms with Crippen LogP contribution in [-0.4, -0.2) is 48.1 Å². The van der Waals surface area contributed by atoms with Crippen molar-refractivity contribution in [1.29, 1.82) is 0 Å². The predicted octanol–water partition coefficient (Wildman–Crippen LogP) is 0.385. The SMILES string of the molecule is CCC[C@H]1NC(=O)N(CC(=O)NCC(F)(F)F)C1=O. The van der Waals surface area contributed by atoms with Gasteiger partial charge >= 0.3 is 12.2 Å². The first-order valence-electron chi connectivity index (χ1n) is 5.70. The van der Waals surface area contributed by atoms with E-state index < -0.39 is 43.2 Å². The molecule has 1 rings (SSSR count). The zero-order valence-corrected chi connectivity index (χ0v) is 10.2. The summed E-state index contributed by atoms with van der Waals surface area (Å²) in [7, 11) is 0. The van der Waals surface area contributed by atoms with Crippen molar-refractivity contribution in [2.24, 2.45) is 0 Å². The van der Waals surface area contributed by atoms with Gasteiger partial charge in [0.05, 0.1) is 0 Å². The first kappa shape index (κ1) is 15.3. The molecule has 0 unspecified atom stereocenters. The van der Waals surface area contributed by atoms with Crippen LogP contribution in [-0.2, 0) is 9.59 Å². The molecular weight excluding hydrogens is 267 g/mol. The van der Waals surface area contributed by atoms with Crippen molar-refractivity contribution < 1.29 is 27.6 Å². The number of carbonyl (C=O) groups excluding carboxylic acids is 3. The molecule has 0 radical (unpaired) electrons. The number of nitrogens with one attached hydrogen (secondary N) is 2. The molecule has 1 aliphatic heterocycles. The third-order valence-corrected chi connectivity index (χ3v) is 2.47. The fraction of sp³-hybridized carbons (Fsp3) is 0.700. The number of hydrogen-bond acceptors (Lipinski definition) is 3. The van der Waals surface area contributed by atoms with Crippen molar-refractivity contribution in [1.82, 2.24) is 15.5 Å². The smallest absolute Gasteiger partial charge is 0.345 e. The first-order chi connectivity index (χ1) is 8.74. The van der Waals surface area contributed by atoms with Crippen LogP contribution in [0.2, 0.25) is 0 Å². The lowest BCUT2D eigenvalue weighted by Gasteiger charge is -2.13. The van der Waals surface area contributed by atoms with Crippen LogP contribution in [0, 0.1) is 0 Å². The maximum atomic E-state index is 11.9. The van der Waals surface area contributed by atoms with E-state index in [2.05, 4.69) is 5.32 Å². The van der Waals surface area contributed by atoms with E-state index in [1.165, 1.54) is 0 Å². The van der Waals surface area contributed by atoms with Gasteiger partial charge in [0.25, 0.3) is 5.91 Å². The lowest BCUT2D eigenvalue weighted by Crippen LogP contribution is -2.43. The number of rotatable bonds is 5. The van der Waals surface area contributed by atoms with Crippen LogP contribution in [0.5, 0.6) is 0 Å². The van der Waals surface area contributed by atoms with Crippen molar-refractivity contribution in [2.45, 2.75) is 32.0 Å². The Labute approximate surface area is 107 Å². The third-order valence-electron chi connectivity index (χ3n) is 2.47. The normalized spacial score (nSPS) is 19.6. The number of halogens is 3. The van der Waals surface area contributed by atoms with Crippen molar-refractivity contribution in [3.05, 3.63) is 0 Å². The van der Waals surface area contributed by atoms with Gasteiger partial charge in [-0.25, -0.2) is 4.79 Å². The summed E-state index contributed by atoms with van der Waals surface area (Å²) in [5, 5.41) is 3.97. The number of hydrogen-bond donors (Lipinski definition) is 2. The van der Waals surface area contributed by atoms with E-state index in [4.69, 9.17) is 0 Å². The molecule has 19 heavy (non-hydrogen) atoms. The average Bonchev–Trinajstić information content (AvgIpc) is 2.54. The molecule has 4 amide bonds. The van der Waals surface area contributed by atoms with Gasteiger partial charge in [-0.05, 0) is 6.42 Å². The highest BCUT2D eigenvalue weighted by molar-refractivity contribution is 6.06. The van der Waals surface area contributed by atoms with E-state index in [1.54, 1.807) is 5.32 Å². The van der Waals surface area contributed by atoms with Gasteiger partial charge in [-0.1, -0.05) is 13.3 Å². The molecule has 2 N–H and O–H groups in total. The largest absolute Gasteiger partial charge is 0.405 e. The highest BCUT2D eigenvalue weighted by Gasteiger charge is 2.38. The Hall–Kier alpha value is -1.80. The minimum atomic E-state index is -4.53. The van der Waals surface area contributed by atoms with E-state index in [0.29, 0.717) is 17.7 Å². The molecule has 0 aromatic carbocycles. The molecular formula is C10H14F3N3O3. The molecule has 0 aromatic heterocycles. The van der Waals surface area contributed by atoms with Crippen LogP contribution in [0.25, 0.3) is 0 Å². The number of nitrogens with zero attached hydrogens (tertiary/aromatic N) is 1. The Morgan fingerprint density at radius 1 is 1.42 bits per heavy atom. The van der Waals surface area contributed by atoms with Gasteiger partial charge in [-0.3, -0.25) is 14.5 Å². The van der Waals surface area contributed by atoms with E-state index in [9.17, 15) is 27.6 Å². The minimum Gasteiger partial charge on any atom is -0.345 e. The van der Waals surface area contributed by atoms with Gasteiger partial charge in [0.2, 0.25) is 5.91 Å². The second-order valence-electron chi connectivity index (χ2n) is 4.11. The summed E-state index contributed by atoms with van der Waals surface area (Å²) in [5.41, 5.74) is 0.